The van der Waals surface area contributed by atoms with Crippen molar-refractivity contribution in [1.82, 2.24) is 0 Å². The molecule has 0 unspecified atom stereocenters. The van der Waals surface area contributed by atoms with E-state index in [1.54, 1.807) is 0 Å². The molecule has 0 aliphatic carbocycles. The van der Waals surface area contributed by atoms with Crippen molar-refractivity contribution in [3.05, 3.63) is 60.2 Å². The molecule has 0 spiro atoms. The Morgan fingerprint density at radius 3 is 1.95 bits per heavy atom. The first-order chi connectivity index (χ1) is 10.3. The van der Waals surface area contributed by atoms with E-state index in [1.807, 2.05) is 30.3 Å². The van der Waals surface area contributed by atoms with E-state index in [0.29, 0.717) is 12.1 Å². The Morgan fingerprint density at radius 1 is 0.818 bits per heavy atom. The molecule has 22 heavy (non-hydrogen) atoms. The van der Waals surface area contributed by atoms with Crippen LogP contribution < -0.4 is 10.1 Å². The molecule has 0 aromatic heterocycles. The Balaban J connectivity index is 1.96. The van der Waals surface area contributed by atoms with Crippen LogP contribution in [0.25, 0.3) is 0 Å². The lowest BCUT2D eigenvalue weighted by molar-refractivity contribution is -0.360. The third kappa shape index (κ3) is 4.09. The molecule has 0 heterocycles. The van der Waals surface area contributed by atoms with Gasteiger partial charge in [-0.2, -0.15) is 22.0 Å². The summed E-state index contributed by atoms with van der Waals surface area (Å²) in [6, 6.07) is 14.2. The van der Waals surface area contributed by atoms with Crippen LogP contribution in [0.2, 0.25) is 0 Å². The lowest BCUT2D eigenvalue weighted by Crippen LogP contribution is -2.41. The van der Waals surface area contributed by atoms with Crippen LogP contribution in [0.1, 0.15) is 5.56 Å². The molecule has 0 atom stereocenters. The maximum atomic E-state index is 12.7. The van der Waals surface area contributed by atoms with Crippen molar-refractivity contribution in [2.24, 2.45) is 0 Å². The van der Waals surface area contributed by atoms with Gasteiger partial charge < -0.3 is 10.1 Å². The summed E-state index contributed by atoms with van der Waals surface area (Å²) in [6.07, 6.45) is -11.0. The smallest absolute Gasteiger partial charge is 0.426 e. The molecule has 118 valence electrons. The number of ether oxygens (including phenoxy) is 1. The Labute approximate surface area is 123 Å². The van der Waals surface area contributed by atoms with E-state index in [4.69, 9.17) is 0 Å². The molecule has 7 heteroatoms. The van der Waals surface area contributed by atoms with E-state index in [2.05, 4.69) is 10.1 Å². The van der Waals surface area contributed by atoms with Gasteiger partial charge in [0.2, 0.25) is 0 Å². The van der Waals surface area contributed by atoms with Crippen LogP contribution in [-0.4, -0.2) is 12.3 Å². The predicted octanol–water partition coefficient (Wildman–Crippen LogP) is 4.83. The minimum absolute atomic E-state index is 0.403. The highest BCUT2D eigenvalue weighted by Crippen LogP contribution is 2.37. The minimum atomic E-state index is -5.75. The van der Waals surface area contributed by atoms with Gasteiger partial charge in [0.25, 0.3) is 0 Å². The van der Waals surface area contributed by atoms with Crippen LogP contribution in [0, 0.1) is 0 Å². The van der Waals surface area contributed by atoms with Crippen molar-refractivity contribution < 1.29 is 26.7 Å². The summed E-state index contributed by atoms with van der Waals surface area (Å²) >= 11 is 0. The summed E-state index contributed by atoms with van der Waals surface area (Å²) in [5.41, 5.74) is 1.58. The molecule has 0 saturated heterocycles. The van der Waals surface area contributed by atoms with Crippen molar-refractivity contribution in [1.29, 1.82) is 0 Å². The van der Waals surface area contributed by atoms with Gasteiger partial charge >= 0.3 is 12.3 Å². The molecule has 2 aromatic rings. The first-order valence-corrected chi connectivity index (χ1v) is 6.29. The number of nitrogens with one attached hydrogen (secondary N) is 1. The quantitative estimate of drug-likeness (QED) is 0.797. The van der Waals surface area contributed by atoms with Crippen LogP contribution in [0.3, 0.4) is 0 Å². The van der Waals surface area contributed by atoms with Gasteiger partial charge in [-0.3, -0.25) is 0 Å². The normalized spacial score (nSPS) is 12.0. The van der Waals surface area contributed by atoms with Gasteiger partial charge in [-0.15, -0.1) is 0 Å². The van der Waals surface area contributed by atoms with Gasteiger partial charge in [0.05, 0.1) is 0 Å². The minimum Gasteiger partial charge on any atom is -0.426 e. The average Bonchev–Trinajstić information content (AvgIpc) is 2.46. The number of anilines is 1. The zero-order valence-corrected chi connectivity index (χ0v) is 11.2. The van der Waals surface area contributed by atoms with Crippen LogP contribution in [0.15, 0.2) is 54.6 Å². The van der Waals surface area contributed by atoms with E-state index >= 15 is 0 Å². The van der Waals surface area contributed by atoms with E-state index in [1.165, 1.54) is 12.1 Å². The molecule has 0 radical (unpaired) electrons. The highest BCUT2D eigenvalue weighted by atomic mass is 19.4. The maximum Gasteiger partial charge on any atom is 0.499 e. The third-order valence-corrected chi connectivity index (χ3v) is 2.77. The number of benzene rings is 2. The Kier molecular flexibility index (Phi) is 4.54. The Bertz CT molecular complexity index is 596. The second-order valence-corrected chi connectivity index (χ2v) is 4.48. The molecular weight excluding hydrogens is 305 g/mol. The molecule has 0 saturated carbocycles. The summed E-state index contributed by atoms with van der Waals surface area (Å²) in [5.74, 6) is -0.550. The second-order valence-electron chi connectivity index (χ2n) is 4.48. The van der Waals surface area contributed by atoms with Crippen LogP contribution in [0.4, 0.5) is 27.6 Å². The number of rotatable bonds is 5. The highest BCUT2D eigenvalue weighted by Gasteiger charge is 2.61. The summed E-state index contributed by atoms with van der Waals surface area (Å²) in [4.78, 5) is 0. The summed E-state index contributed by atoms with van der Waals surface area (Å²) in [5, 5.41) is 3.08. The standard InChI is InChI=1S/C15H12F5NO/c16-14(17,18)15(19,20)22-13-8-6-11(7-9-13)10-21-12-4-2-1-3-5-12/h1-9,21H,10H2. The summed E-state index contributed by atoms with van der Waals surface area (Å²) < 4.78 is 65.2. The lowest BCUT2D eigenvalue weighted by Gasteiger charge is -2.20. The zero-order valence-electron chi connectivity index (χ0n) is 11.2. The first kappa shape index (κ1) is 16.1. The zero-order chi connectivity index (χ0) is 16.2. The third-order valence-electron chi connectivity index (χ3n) is 2.77. The van der Waals surface area contributed by atoms with E-state index < -0.39 is 18.0 Å². The van der Waals surface area contributed by atoms with Gasteiger partial charge in [-0.1, -0.05) is 30.3 Å². The highest BCUT2D eigenvalue weighted by molar-refractivity contribution is 5.43. The Morgan fingerprint density at radius 2 is 1.41 bits per heavy atom. The average molecular weight is 317 g/mol. The first-order valence-electron chi connectivity index (χ1n) is 6.29. The molecule has 2 aromatic carbocycles. The predicted molar refractivity (Wildman–Crippen MR) is 71.8 cm³/mol. The number of hydrogen-bond donors (Lipinski definition) is 1. The van der Waals surface area contributed by atoms with Gasteiger partial charge in [-0.05, 0) is 29.8 Å². The number of alkyl halides is 5. The fourth-order valence-electron chi connectivity index (χ4n) is 1.64. The fourth-order valence-corrected chi connectivity index (χ4v) is 1.64. The van der Waals surface area contributed by atoms with Gasteiger partial charge in [-0.25, -0.2) is 0 Å². The molecule has 2 nitrogen and oxygen atoms in total. The lowest BCUT2D eigenvalue weighted by atomic mass is 10.2. The van der Waals surface area contributed by atoms with E-state index in [-0.39, 0.29) is 0 Å². The van der Waals surface area contributed by atoms with E-state index in [9.17, 15) is 22.0 Å². The number of hydrogen-bond acceptors (Lipinski definition) is 2. The Hall–Kier alpha value is -2.31. The summed E-state index contributed by atoms with van der Waals surface area (Å²) in [6.45, 7) is 0.403. The molecule has 0 aliphatic rings. The van der Waals surface area contributed by atoms with Crippen molar-refractivity contribution in [2.45, 2.75) is 18.8 Å². The second kappa shape index (κ2) is 6.21. The van der Waals surface area contributed by atoms with Gasteiger partial charge in [0.1, 0.15) is 5.75 Å². The van der Waals surface area contributed by atoms with Crippen LogP contribution in [0.5, 0.6) is 5.75 Å². The van der Waals surface area contributed by atoms with Crippen LogP contribution in [-0.2, 0) is 6.54 Å². The van der Waals surface area contributed by atoms with Crippen LogP contribution >= 0.6 is 0 Å². The molecule has 0 amide bonds. The topological polar surface area (TPSA) is 21.3 Å². The number of halogens is 5. The van der Waals surface area contributed by atoms with Crippen molar-refractivity contribution >= 4 is 5.69 Å². The monoisotopic (exact) mass is 317 g/mol. The molecule has 0 fully saturated rings. The van der Waals surface area contributed by atoms with Crippen molar-refractivity contribution in [2.75, 3.05) is 5.32 Å². The largest absolute Gasteiger partial charge is 0.499 e. The molecule has 2 rings (SSSR count). The molecule has 0 bridgehead atoms. The maximum absolute atomic E-state index is 12.7. The van der Waals surface area contributed by atoms with E-state index in [0.717, 1.165) is 17.8 Å². The van der Waals surface area contributed by atoms with Crippen molar-refractivity contribution in [3.63, 3.8) is 0 Å². The van der Waals surface area contributed by atoms with Gasteiger partial charge in [0, 0.05) is 12.2 Å². The molecule has 1 N–H and O–H groups in total. The fraction of sp³-hybridized carbons (Fsp3) is 0.200. The molecular formula is C15H12F5NO. The summed E-state index contributed by atoms with van der Waals surface area (Å²) in [7, 11) is 0. The van der Waals surface area contributed by atoms with Gasteiger partial charge in [0.15, 0.2) is 0 Å². The number of para-hydroxylation sites is 1. The SMILES string of the molecule is FC(F)(F)C(F)(F)Oc1ccc(CNc2ccccc2)cc1. The molecule has 0 aliphatic heterocycles. The van der Waals surface area contributed by atoms with Crippen molar-refractivity contribution in [3.8, 4) is 5.75 Å².